The van der Waals surface area contributed by atoms with Gasteiger partial charge >= 0.3 is 11.9 Å². The molecule has 0 aromatic heterocycles. The summed E-state index contributed by atoms with van der Waals surface area (Å²) in [6.45, 7) is 1.87. The van der Waals surface area contributed by atoms with Crippen LogP contribution in [0.3, 0.4) is 0 Å². The smallest absolute Gasteiger partial charge is 0.315 e. The molecule has 5 atom stereocenters. The van der Waals surface area contributed by atoms with Gasteiger partial charge in [-0.1, -0.05) is 42.5 Å². The SMILES string of the molecule is O=C(O)Cc1cccc2c(CC(=O)Oc3ccc4c5c3O[C@H]3C(O)CC[C@@]6(O)[C@@H](C4)N(CC4CC4)CC[C@]536)cccc12. The number of piperidine rings is 1. The lowest BCUT2D eigenvalue weighted by Gasteiger charge is -2.63. The average molecular weight is 570 g/mol. The Balaban J connectivity index is 1.13. The number of carboxylic acid groups (broad SMARTS) is 1. The number of carbonyl (C=O) groups excluding carboxylic acids is 1. The fourth-order valence-corrected chi connectivity index (χ4v) is 8.75. The van der Waals surface area contributed by atoms with Crippen LogP contribution in [0.2, 0.25) is 0 Å². The Bertz CT molecular complexity index is 1630. The number of aliphatic hydroxyl groups is 2. The zero-order valence-corrected chi connectivity index (χ0v) is 23.4. The third-order valence-electron chi connectivity index (χ3n) is 10.7. The summed E-state index contributed by atoms with van der Waals surface area (Å²) < 4.78 is 12.5. The third kappa shape index (κ3) is 3.71. The molecule has 1 saturated heterocycles. The molecule has 3 aliphatic carbocycles. The number of esters is 1. The monoisotopic (exact) mass is 569 g/mol. The van der Waals surface area contributed by atoms with Crippen molar-refractivity contribution in [2.75, 3.05) is 13.1 Å². The highest BCUT2D eigenvalue weighted by Gasteiger charge is 2.73. The fourth-order valence-electron chi connectivity index (χ4n) is 8.75. The standard InChI is InChI=1S/C34H35NO7/c36-25-11-12-34(40)27-15-22-9-10-26(31-30(22)33(34,32(25)42-31)13-14-35(27)18-19-7-8-19)41-29(39)17-21-4-2-5-23-20(16-28(37)38)3-1-6-24(21)23/h1-6,9-10,19,25,27,32,36,40H,7-8,11-18H2,(H,37,38)/t25?,27-,32+,33+,34-/m1/s1. The number of ether oxygens (including phenoxy) is 2. The highest BCUT2D eigenvalue weighted by Crippen LogP contribution is 2.65. The summed E-state index contributed by atoms with van der Waals surface area (Å²) in [6, 6.07) is 14.8. The molecule has 3 N–H and O–H groups in total. The van der Waals surface area contributed by atoms with Gasteiger partial charge < -0.3 is 24.8 Å². The van der Waals surface area contributed by atoms with E-state index < -0.39 is 35.2 Å². The molecule has 0 amide bonds. The quantitative estimate of drug-likeness (QED) is 0.292. The number of aliphatic hydroxyl groups excluding tert-OH is 1. The number of nitrogens with zero attached hydrogens (tertiary/aromatic N) is 1. The lowest BCUT2D eigenvalue weighted by atomic mass is 9.48. The van der Waals surface area contributed by atoms with Crippen LogP contribution in [0, 0.1) is 5.92 Å². The van der Waals surface area contributed by atoms with E-state index in [-0.39, 0.29) is 18.9 Å². The van der Waals surface area contributed by atoms with Gasteiger partial charge in [0.05, 0.1) is 30.0 Å². The molecule has 5 aliphatic rings. The van der Waals surface area contributed by atoms with Crippen LogP contribution in [0.4, 0.5) is 0 Å². The molecule has 8 rings (SSSR count). The summed E-state index contributed by atoms with van der Waals surface area (Å²) in [5, 5.41) is 34.6. The first-order valence-electron chi connectivity index (χ1n) is 15.2. The molecule has 2 aliphatic heterocycles. The maximum atomic E-state index is 13.4. The van der Waals surface area contributed by atoms with Crippen LogP contribution in [0.1, 0.15) is 54.4 Å². The van der Waals surface area contributed by atoms with E-state index in [0.717, 1.165) is 46.5 Å². The zero-order chi connectivity index (χ0) is 28.8. The lowest BCUT2D eigenvalue weighted by Crippen LogP contribution is -2.77. The highest BCUT2D eigenvalue weighted by atomic mass is 16.6. The Labute approximate surface area is 243 Å². The maximum Gasteiger partial charge on any atom is 0.315 e. The minimum atomic E-state index is -1.01. The van der Waals surface area contributed by atoms with Crippen molar-refractivity contribution in [1.29, 1.82) is 0 Å². The van der Waals surface area contributed by atoms with Crippen molar-refractivity contribution in [2.24, 2.45) is 5.92 Å². The molecule has 3 fully saturated rings. The van der Waals surface area contributed by atoms with Gasteiger partial charge in [-0.2, -0.15) is 0 Å². The second-order valence-electron chi connectivity index (χ2n) is 13.0. The number of likely N-dealkylation sites (tertiary alicyclic amines) is 1. The normalized spacial score (nSPS) is 31.0. The van der Waals surface area contributed by atoms with Gasteiger partial charge in [-0.05, 0) is 84.5 Å². The molecule has 2 bridgehead atoms. The van der Waals surface area contributed by atoms with Gasteiger partial charge in [0, 0.05) is 18.2 Å². The van der Waals surface area contributed by atoms with Gasteiger partial charge in [0.25, 0.3) is 0 Å². The van der Waals surface area contributed by atoms with E-state index in [1.54, 1.807) is 12.1 Å². The molecule has 1 unspecified atom stereocenters. The van der Waals surface area contributed by atoms with Crippen molar-refractivity contribution in [3.63, 3.8) is 0 Å². The molecule has 1 spiro atoms. The summed E-state index contributed by atoms with van der Waals surface area (Å²) in [5.74, 6) is 0.164. The van der Waals surface area contributed by atoms with E-state index in [4.69, 9.17) is 9.47 Å². The predicted octanol–water partition coefficient (Wildman–Crippen LogP) is 3.54. The number of carbonyl (C=O) groups is 2. The number of hydrogen-bond donors (Lipinski definition) is 3. The molecule has 0 radical (unpaired) electrons. The van der Waals surface area contributed by atoms with Crippen molar-refractivity contribution < 1.29 is 34.4 Å². The Morgan fingerprint density at radius 1 is 0.976 bits per heavy atom. The van der Waals surface area contributed by atoms with Gasteiger partial charge in [-0.3, -0.25) is 14.5 Å². The van der Waals surface area contributed by atoms with Crippen molar-refractivity contribution in [2.45, 2.75) is 80.6 Å². The highest BCUT2D eigenvalue weighted by molar-refractivity contribution is 5.93. The van der Waals surface area contributed by atoms with Crippen LogP contribution in [-0.4, -0.2) is 69.1 Å². The van der Waals surface area contributed by atoms with Crippen LogP contribution in [-0.2, 0) is 34.3 Å². The number of fused-ring (bicyclic) bond motifs is 1. The number of aliphatic carboxylic acids is 1. The second kappa shape index (κ2) is 9.27. The molecule has 8 heteroatoms. The van der Waals surface area contributed by atoms with Gasteiger partial charge in [0.15, 0.2) is 11.5 Å². The van der Waals surface area contributed by atoms with Crippen LogP contribution in [0.5, 0.6) is 11.5 Å². The predicted molar refractivity (Wildman–Crippen MR) is 154 cm³/mol. The average Bonchev–Trinajstić information content (AvgIpc) is 3.70. The minimum Gasteiger partial charge on any atom is -0.482 e. The number of benzene rings is 3. The fraction of sp³-hybridized carbons (Fsp3) is 0.471. The molecule has 2 heterocycles. The van der Waals surface area contributed by atoms with Gasteiger partial charge in [0.1, 0.15) is 6.10 Å². The summed E-state index contributed by atoms with van der Waals surface area (Å²) in [5.41, 5.74) is 1.74. The lowest BCUT2D eigenvalue weighted by molar-refractivity contribution is -0.208. The van der Waals surface area contributed by atoms with Crippen LogP contribution < -0.4 is 9.47 Å². The van der Waals surface area contributed by atoms with E-state index in [1.807, 2.05) is 36.4 Å². The van der Waals surface area contributed by atoms with E-state index in [2.05, 4.69) is 4.90 Å². The van der Waals surface area contributed by atoms with Crippen LogP contribution in [0.25, 0.3) is 10.8 Å². The van der Waals surface area contributed by atoms with E-state index in [0.29, 0.717) is 42.7 Å². The van der Waals surface area contributed by atoms with E-state index in [9.17, 15) is 24.9 Å². The number of rotatable bonds is 7. The van der Waals surface area contributed by atoms with E-state index in [1.165, 1.54) is 12.8 Å². The van der Waals surface area contributed by atoms with Gasteiger partial charge in [0.2, 0.25) is 0 Å². The van der Waals surface area contributed by atoms with Crippen LogP contribution >= 0.6 is 0 Å². The topological polar surface area (TPSA) is 117 Å². The Morgan fingerprint density at radius 3 is 2.43 bits per heavy atom. The molecule has 218 valence electrons. The molecule has 3 aromatic rings. The first-order chi connectivity index (χ1) is 20.3. The summed E-state index contributed by atoms with van der Waals surface area (Å²) in [7, 11) is 0. The summed E-state index contributed by atoms with van der Waals surface area (Å²) >= 11 is 0. The Hall–Kier alpha value is -3.46. The Kier molecular flexibility index (Phi) is 5.78. The first-order valence-corrected chi connectivity index (χ1v) is 15.2. The number of hydrogen-bond acceptors (Lipinski definition) is 7. The number of carboxylic acids is 1. The van der Waals surface area contributed by atoms with Crippen molar-refractivity contribution in [3.05, 3.63) is 70.8 Å². The van der Waals surface area contributed by atoms with Crippen molar-refractivity contribution in [3.8, 4) is 11.5 Å². The molecular weight excluding hydrogens is 534 g/mol. The van der Waals surface area contributed by atoms with Gasteiger partial charge in [-0.25, -0.2) is 0 Å². The molecule has 2 saturated carbocycles. The molecule has 8 nitrogen and oxygen atoms in total. The molecule has 42 heavy (non-hydrogen) atoms. The third-order valence-corrected chi connectivity index (χ3v) is 10.7. The van der Waals surface area contributed by atoms with E-state index >= 15 is 0 Å². The minimum absolute atomic E-state index is 0.00369. The summed E-state index contributed by atoms with van der Waals surface area (Å²) in [6.07, 6.45) is 3.53. The maximum absolute atomic E-state index is 13.4. The molecular formula is C34H35NO7. The molecule has 3 aromatic carbocycles. The Morgan fingerprint density at radius 2 is 1.71 bits per heavy atom. The zero-order valence-electron chi connectivity index (χ0n) is 23.4. The van der Waals surface area contributed by atoms with Crippen molar-refractivity contribution >= 4 is 22.7 Å². The first kappa shape index (κ1) is 26.2. The summed E-state index contributed by atoms with van der Waals surface area (Å²) in [4.78, 5) is 27.2. The largest absolute Gasteiger partial charge is 0.482 e. The van der Waals surface area contributed by atoms with Gasteiger partial charge in [-0.15, -0.1) is 0 Å². The van der Waals surface area contributed by atoms with Crippen LogP contribution in [0.15, 0.2) is 48.5 Å². The second-order valence-corrected chi connectivity index (χ2v) is 13.0. The van der Waals surface area contributed by atoms with Crippen molar-refractivity contribution in [1.82, 2.24) is 4.90 Å².